The zero-order chi connectivity index (χ0) is 16.4. The molecule has 3 aromatic rings. The topological polar surface area (TPSA) is 38.7 Å². The lowest BCUT2D eigenvalue weighted by Gasteiger charge is -2.12. The van der Waals surface area contributed by atoms with Gasteiger partial charge >= 0.3 is 6.18 Å². The van der Waals surface area contributed by atoms with E-state index in [0.717, 1.165) is 6.07 Å². The van der Waals surface area contributed by atoms with Gasteiger partial charge < -0.3 is 0 Å². The lowest BCUT2D eigenvalue weighted by molar-refractivity contribution is -0.137. The first kappa shape index (κ1) is 15.4. The Morgan fingerprint density at radius 1 is 0.870 bits per heavy atom. The molecule has 1 aromatic carbocycles. The molecule has 3 nitrogen and oxygen atoms in total. The Morgan fingerprint density at radius 2 is 1.61 bits per heavy atom. The van der Waals surface area contributed by atoms with Crippen molar-refractivity contribution in [1.82, 2.24) is 15.0 Å². The molecule has 0 amide bonds. The standard InChI is InChI=1S/C16H9ClF3N3/c17-14-9-13(12-7-3-4-8-21-12)22-15(23-14)10-5-1-2-6-11(10)16(18,19)20/h1-9H. The van der Waals surface area contributed by atoms with Crippen LogP contribution >= 0.6 is 11.6 Å². The van der Waals surface area contributed by atoms with Crippen LogP contribution in [0.4, 0.5) is 13.2 Å². The van der Waals surface area contributed by atoms with Gasteiger partial charge in [-0.15, -0.1) is 0 Å². The third-order valence-electron chi connectivity index (χ3n) is 3.10. The van der Waals surface area contributed by atoms with Crippen LogP contribution < -0.4 is 0 Å². The summed E-state index contributed by atoms with van der Waals surface area (Å²) < 4.78 is 39.5. The number of hydrogen-bond acceptors (Lipinski definition) is 3. The number of rotatable bonds is 2. The summed E-state index contributed by atoms with van der Waals surface area (Å²) in [6.45, 7) is 0. The van der Waals surface area contributed by atoms with Crippen LogP contribution in [0.5, 0.6) is 0 Å². The number of alkyl halides is 3. The highest BCUT2D eigenvalue weighted by Crippen LogP contribution is 2.36. The lowest BCUT2D eigenvalue weighted by atomic mass is 10.1. The molecule has 0 saturated carbocycles. The molecule has 0 radical (unpaired) electrons. The Hall–Kier alpha value is -2.47. The quantitative estimate of drug-likeness (QED) is 0.627. The highest BCUT2D eigenvalue weighted by atomic mass is 35.5. The summed E-state index contributed by atoms with van der Waals surface area (Å²) in [6.07, 6.45) is -2.94. The molecule has 0 aliphatic heterocycles. The SMILES string of the molecule is FC(F)(F)c1ccccc1-c1nc(Cl)cc(-c2ccccn2)n1. The largest absolute Gasteiger partial charge is 0.417 e. The fourth-order valence-electron chi connectivity index (χ4n) is 2.11. The molecule has 23 heavy (non-hydrogen) atoms. The van der Waals surface area contributed by atoms with Gasteiger partial charge in [-0.1, -0.05) is 35.9 Å². The normalized spacial score (nSPS) is 11.5. The molecule has 0 N–H and O–H groups in total. The van der Waals surface area contributed by atoms with Crippen molar-refractivity contribution in [3.05, 3.63) is 65.4 Å². The Balaban J connectivity index is 2.18. The number of hydrogen-bond donors (Lipinski definition) is 0. The predicted octanol–water partition coefficient (Wildman–Crippen LogP) is 4.88. The van der Waals surface area contributed by atoms with Crippen molar-refractivity contribution in [2.45, 2.75) is 6.18 Å². The van der Waals surface area contributed by atoms with E-state index in [-0.39, 0.29) is 16.5 Å². The summed E-state index contributed by atoms with van der Waals surface area (Å²) in [6, 6.07) is 11.7. The molecule has 0 spiro atoms. The molecule has 2 aromatic heterocycles. The minimum absolute atomic E-state index is 0.0487. The highest BCUT2D eigenvalue weighted by Gasteiger charge is 2.34. The first-order chi connectivity index (χ1) is 10.9. The average Bonchev–Trinajstić information content (AvgIpc) is 2.54. The van der Waals surface area contributed by atoms with Crippen molar-refractivity contribution in [3.63, 3.8) is 0 Å². The van der Waals surface area contributed by atoms with Crippen LogP contribution in [0.15, 0.2) is 54.7 Å². The Bertz CT molecular complexity index is 835. The number of pyridine rings is 1. The van der Waals surface area contributed by atoms with Crippen molar-refractivity contribution >= 4 is 11.6 Å². The molecule has 2 heterocycles. The van der Waals surface area contributed by atoms with Crippen LogP contribution in [0.25, 0.3) is 22.8 Å². The number of halogens is 4. The Kier molecular flexibility index (Phi) is 4.00. The van der Waals surface area contributed by atoms with E-state index in [9.17, 15) is 13.2 Å². The van der Waals surface area contributed by atoms with Crippen LogP contribution in [-0.4, -0.2) is 15.0 Å². The average molecular weight is 336 g/mol. The van der Waals surface area contributed by atoms with Crippen LogP contribution in [-0.2, 0) is 6.18 Å². The molecule has 0 aliphatic rings. The molecular weight excluding hydrogens is 327 g/mol. The van der Waals surface area contributed by atoms with E-state index in [1.165, 1.54) is 24.3 Å². The van der Waals surface area contributed by atoms with Gasteiger partial charge in [0.1, 0.15) is 5.15 Å². The zero-order valence-corrected chi connectivity index (χ0v) is 12.3. The van der Waals surface area contributed by atoms with E-state index in [0.29, 0.717) is 11.4 Å². The summed E-state index contributed by atoms with van der Waals surface area (Å²) in [5.74, 6) is -0.0916. The van der Waals surface area contributed by atoms with Crippen molar-refractivity contribution in [3.8, 4) is 22.8 Å². The van der Waals surface area contributed by atoms with Gasteiger partial charge in [-0.25, -0.2) is 9.97 Å². The maximum absolute atomic E-state index is 13.2. The second-order valence-corrected chi connectivity index (χ2v) is 5.05. The first-order valence-corrected chi connectivity index (χ1v) is 6.95. The van der Waals surface area contributed by atoms with Gasteiger partial charge in [-0.3, -0.25) is 4.98 Å². The minimum Gasteiger partial charge on any atom is -0.255 e. The number of nitrogens with zero attached hydrogens (tertiary/aromatic N) is 3. The molecule has 0 saturated heterocycles. The van der Waals surface area contributed by atoms with Gasteiger partial charge in [0, 0.05) is 17.8 Å². The third kappa shape index (κ3) is 3.32. The second-order valence-electron chi connectivity index (χ2n) is 4.66. The molecular formula is C16H9ClF3N3. The Morgan fingerprint density at radius 3 is 2.30 bits per heavy atom. The van der Waals surface area contributed by atoms with E-state index in [1.54, 1.807) is 24.4 Å². The minimum atomic E-state index is -4.51. The van der Waals surface area contributed by atoms with E-state index in [4.69, 9.17) is 11.6 Å². The van der Waals surface area contributed by atoms with Gasteiger partial charge in [-0.2, -0.15) is 13.2 Å². The van der Waals surface area contributed by atoms with E-state index < -0.39 is 11.7 Å². The van der Waals surface area contributed by atoms with E-state index >= 15 is 0 Å². The second kappa shape index (κ2) is 5.96. The van der Waals surface area contributed by atoms with Gasteiger partial charge in [0.15, 0.2) is 5.82 Å². The maximum atomic E-state index is 13.2. The monoisotopic (exact) mass is 335 g/mol. The van der Waals surface area contributed by atoms with Gasteiger partial charge in [-0.05, 0) is 18.2 Å². The lowest BCUT2D eigenvalue weighted by Crippen LogP contribution is -2.08. The van der Waals surface area contributed by atoms with Gasteiger partial charge in [0.25, 0.3) is 0 Å². The maximum Gasteiger partial charge on any atom is 0.417 e. The molecule has 7 heteroatoms. The molecule has 3 rings (SSSR count). The summed E-state index contributed by atoms with van der Waals surface area (Å²) in [5, 5.41) is 0.0487. The van der Waals surface area contributed by atoms with Crippen molar-refractivity contribution in [2.75, 3.05) is 0 Å². The number of aromatic nitrogens is 3. The summed E-state index contributed by atoms with van der Waals surface area (Å²) >= 11 is 5.96. The van der Waals surface area contributed by atoms with Crippen LogP contribution in [0.1, 0.15) is 5.56 Å². The van der Waals surface area contributed by atoms with Crippen LogP contribution in [0, 0.1) is 0 Å². The first-order valence-electron chi connectivity index (χ1n) is 6.58. The van der Waals surface area contributed by atoms with Crippen LogP contribution in [0.3, 0.4) is 0 Å². The molecule has 0 atom stereocenters. The molecule has 0 aliphatic carbocycles. The van der Waals surface area contributed by atoms with Crippen molar-refractivity contribution in [2.24, 2.45) is 0 Å². The molecule has 116 valence electrons. The molecule has 0 bridgehead atoms. The Labute approximate surface area is 134 Å². The van der Waals surface area contributed by atoms with Gasteiger partial charge in [0.2, 0.25) is 0 Å². The van der Waals surface area contributed by atoms with Crippen molar-refractivity contribution < 1.29 is 13.2 Å². The molecule has 0 fully saturated rings. The fraction of sp³-hybridized carbons (Fsp3) is 0.0625. The third-order valence-corrected chi connectivity index (χ3v) is 3.29. The zero-order valence-electron chi connectivity index (χ0n) is 11.5. The fourth-order valence-corrected chi connectivity index (χ4v) is 2.29. The summed E-state index contributed by atoms with van der Waals surface area (Å²) in [4.78, 5) is 12.2. The smallest absolute Gasteiger partial charge is 0.255 e. The molecule has 0 unspecified atom stereocenters. The van der Waals surface area contributed by atoms with E-state index in [2.05, 4.69) is 15.0 Å². The highest BCUT2D eigenvalue weighted by molar-refractivity contribution is 6.29. The number of benzene rings is 1. The predicted molar refractivity (Wildman–Crippen MR) is 80.7 cm³/mol. The van der Waals surface area contributed by atoms with E-state index in [1.807, 2.05) is 0 Å². The van der Waals surface area contributed by atoms with Crippen molar-refractivity contribution in [1.29, 1.82) is 0 Å². The summed E-state index contributed by atoms with van der Waals surface area (Å²) in [5.41, 5.74) is -0.0750. The van der Waals surface area contributed by atoms with Gasteiger partial charge in [0.05, 0.1) is 17.0 Å². The summed E-state index contributed by atoms with van der Waals surface area (Å²) in [7, 11) is 0. The van der Waals surface area contributed by atoms with Crippen LogP contribution in [0.2, 0.25) is 5.15 Å².